The molecule has 0 amide bonds. The number of fused-ring (bicyclic) bond motifs is 7. The van der Waals surface area contributed by atoms with Gasteiger partial charge in [-0.1, -0.05) is 94.0 Å². The van der Waals surface area contributed by atoms with Crippen LogP contribution in [0.3, 0.4) is 0 Å². The fourth-order valence-electron chi connectivity index (χ4n) is 14.2. The standard InChI is InChI=1S/C60H79N2O13P/c1-58-27-24-47(63)35-46(58)21-22-48-49-36-54-60(59(49,2)37-50(64)56(48)58,74-57(73-54)43-18-9-6-10-19-43)53(66)40-72-55(67)33-42-25-29-62(30-26-42)39-45-34-44(20-23-52(45)75-76(68,69)70)51(65)38-61-28-12-3-4-13-31-71-32-14-11-17-41-15-7-5-8-16-41/h5,7-8,15-16,20,23-27,29-30,34-35,43,48-51,54,56-57,61,64-65H,3-4,6,9-14,17-19,21-22,28,31-33,36-40H2,1-2H3,(H-,68,69,70)/p+1/t48-,49-,50-,51-,54+,56+,57+,58-,59-,60+/m0/s1. The van der Waals surface area contributed by atoms with Crippen LogP contribution in [0.5, 0.6) is 5.75 Å². The van der Waals surface area contributed by atoms with Crippen LogP contribution in [0.15, 0.2) is 96.9 Å². The lowest BCUT2D eigenvalue weighted by Crippen LogP contribution is -2.63. The fraction of sp³-hybridized carbons (Fsp3) is 0.600. The number of aliphatic hydroxyl groups is 2. The van der Waals surface area contributed by atoms with E-state index in [4.69, 9.17) is 23.5 Å². The second-order valence-electron chi connectivity index (χ2n) is 23.0. The number of carbonyl (C=O) groups excluding carboxylic acids is 3. The average Bonchev–Trinajstić information content (AvgIpc) is 4.03. The SMILES string of the molecule is C[C@]12C=CC(=O)C=C1CC[C@@H]1[C@@H]2[C@@H](O)C[C@@]2(C)[C@H]1C[C@H]1O[C@@H](C3CCCCC3)O[C@]12C(=O)COC(=O)Cc1cc[n+](Cc2cc([C@@H](O)CNCCCCCCOCCCCc3ccccc3)ccc2OP(=O)(O)O)cc1. The highest BCUT2D eigenvalue weighted by atomic mass is 31.2. The Bertz CT molecular complexity index is 2600. The zero-order valence-corrected chi connectivity index (χ0v) is 45.3. The highest BCUT2D eigenvalue weighted by Crippen LogP contribution is 2.70. The van der Waals surface area contributed by atoms with Gasteiger partial charge in [-0.15, -0.1) is 0 Å². The number of nitrogens with one attached hydrogen (secondary N) is 1. The van der Waals surface area contributed by atoms with Crippen molar-refractivity contribution in [2.45, 2.75) is 160 Å². The Kier molecular flexibility index (Phi) is 18.3. The molecule has 6 aliphatic rings. The minimum absolute atomic E-state index is 0.00449. The van der Waals surface area contributed by atoms with Crippen LogP contribution in [0.4, 0.5) is 0 Å². The van der Waals surface area contributed by atoms with E-state index in [1.165, 1.54) is 11.6 Å². The first kappa shape index (κ1) is 56.3. The van der Waals surface area contributed by atoms with Crippen molar-refractivity contribution in [3.05, 3.63) is 119 Å². The number of hydrogen-bond donors (Lipinski definition) is 5. The number of aliphatic hydroxyl groups excluding tert-OH is 2. The molecule has 0 unspecified atom stereocenters. The number of unbranched alkanes of at least 4 members (excludes halogenated alkanes) is 4. The first-order valence-corrected chi connectivity index (χ1v) is 29.6. The molecule has 10 atom stereocenters. The van der Waals surface area contributed by atoms with E-state index in [1.54, 1.807) is 53.4 Å². The Morgan fingerprint density at radius 2 is 1.67 bits per heavy atom. The van der Waals surface area contributed by atoms with E-state index in [-0.39, 0.29) is 54.0 Å². The number of allylic oxidation sites excluding steroid dienone is 4. The number of nitrogens with zero attached hydrogens (tertiary/aromatic N) is 1. The summed E-state index contributed by atoms with van der Waals surface area (Å²) in [6.45, 7) is 6.40. The van der Waals surface area contributed by atoms with Crippen molar-refractivity contribution < 1.29 is 67.0 Å². The Hall–Kier alpha value is -4.41. The van der Waals surface area contributed by atoms with Crippen molar-refractivity contribution in [1.29, 1.82) is 0 Å². The van der Waals surface area contributed by atoms with Gasteiger partial charge in [0, 0.05) is 54.6 Å². The van der Waals surface area contributed by atoms with E-state index < -0.39 is 61.4 Å². The number of aryl methyl sites for hydroxylation is 1. The number of phosphoric ester groups is 1. The van der Waals surface area contributed by atoms with E-state index in [0.717, 1.165) is 115 Å². The number of pyridine rings is 1. The number of phosphoric acid groups is 1. The van der Waals surface area contributed by atoms with Crippen molar-refractivity contribution in [3.63, 3.8) is 0 Å². The number of carbonyl (C=O) groups is 3. The number of benzene rings is 2. The summed E-state index contributed by atoms with van der Waals surface area (Å²) in [5.41, 5.74) is 1.35. The molecule has 0 spiro atoms. The van der Waals surface area contributed by atoms with Gasteiger partial charge >= 0.3 is 13.8 Å². The highest BCUT2D eigenvalue weighted by molar-refractivity contribution is 7.46. The largest absolute Gasteiger partial charge is 0.524 e. The molecule has 412 valence electrons. The molecule has 9 rings (SSSR count). The zero-order chi connectivity index (χ0) is 53.5. The maximum atomic E-state index is 15.0. The molecule has 4 saturated carbocycles. The molecular weight excluding hydrogens is 988 g/mol. The summed E-state index contributed by atoms with van der Waals surface area (Å²) in [4.78, 5) is 60.4. The summed E-state index contributed by atoms with van der Waals surface area (Å²) < 4.78 is 44.3. The summed E-state index contributed by atoms with van der Waals surface area (Å²) in [7, 11) is -4.91. The average molecular weight is 1070 g/mol. The lowest BCUT2D eigenvalue weighted by molar-refractivity contribution is -0.688. The van der Waals surface area contributed by atoms with Crippen molar-refractivity contribution >= 4 is 25.4 Å². The Morgan fingerprint density at radius 3 is 2.43 bits per heavy atom. The number of Topliss-reactive ketones (excluding diaryl/α,β-unsaturated/α-hetero) is 1. The summed E-state index contributed by atoms with van der Waals surface area (Å²) in [6.07, 6.45) is 20.8. The van der Waals surface area contributed by atoms with Gasteiger partial charge in [-0.2, -0.15) is 0 Å². The van der Waals surface area contributed by atoms with Crippen LogP contribution in [0, 0.1) is 34.5 Å². The number of ether oxygens (including phenoxy) is 4. The van der Waals surface area contributed by atoms with Crippen LogP contribution in [0.25, 0.3) is 0 Å². The maximum Gasteiger partial charge on any atom is 0.524 e. The molecular formula is C60H80N2O13P+. The Labute approximate surface area is 448 Å². The second-order valence-corrected chi connectivity index (χ2v) is 24.1. The van der Waals surface area contributed by atoms with Gasteiger partial charge in [-0.3, -0.25) is 24.2 Å². The Morgan fingerprint density at radius 1 is 0.921 bits per heavy atom. The molecule has 0 radical (unpaired) electrons. The third-order valence-corrected chi connectivity index (χ3v) is 18.4. The molecule has 1 saturated heterocycles. The van der Waals surface area contributed by atoms with Gasteiger partial charge in [0.05, 0.1) is 30.3 Å². The molecule has 5 N–H and O–H groups in total. The fourth-order valence-corrected chi connectivity index (χ4v) is 14.6. The third-order valence-electron chi connectivity index (χ3n) is 18.0. The van der Waals surface area contributed by atoms with E-state index in [9.17, 15) is 38.9 Å². The molecule has 1 aliphatic heterocycles. The molecule has 2 aromatic carbocycles. The van der Waals surface area contributed by atoms with E-state index >= 15 is 0 Å². The first-order chi connectivity index (χ1) is 36.6. The zero-order valence-electron chi connectivity index (χ0n) is 44.4. The van der Waals surface area contributed by atoms with Crippen molar-refractivity contribution in [1.82, 2.24) is 5.32 Å². The lowest BCUT2D eigenvalue weighted by atomic mass is 9.46. The molecule has 3 aromatic rings. The topological polar surface area (TPSA) is 211 Å². The Balaban J connectivity index is 0.769. The maximum absolute atomic E-state index is 15.0. The van der Waals surface area contributed by atoms with Gasteiger partial charge in [0.15, 0.2) is 43.2 Å². The van der Waals surface area contributed by atoms with Gasteiger partial charge in [-0.25, -0.2) is 9.13 Å². The number of esters is 1. The number of aromatic nitrogens is 1. The van der Waals surface area contributed by atoms with Crippen LogP contribution in [0.1, 0.15) is 139 Å². The molecule has 2 heterocycles. The predicted octanol–water partition coefficient (Wildman–Crippen LogP) is 8.32. The van der Waals surface area contributed by atoms with E-state index in [0.29, 0.717) is 36.1 Å². The molecule has 5 aliphatic carbocycles. The van der Waals surface area contributed by atoms with Crippen LogP contribution in [0.2, 0.25) is 0 Å². The highest BCUT2D eigenvalue weighted by Gasteiger charge is 2.76. The molecule has 0 bridgehead atoms. The summed E-state index contributed by atoms with van der Waals surface area (Å²) in [6, 6.07) is 18.7. The second kappa shape index (κ2) is 24.7. The normalized spacial score (nSPS) is 29.4. The minimum atomic E-state index is -4.91. The van der Waals surface area contributed by atoms with E-state index in [1.807, 2.05) is 12.1 Å². The van der Waals surface area contributed by atoms with Gasteiger partial charge in [0.2, 0.25) is 5.78 Å². The molecule has 76 heavy (non-hydrogen) atoms. The minimum Gasteiger partial charge on any atom is -0.457 e. The van der Waals surface area contributed by atoms with Crippen molar-refractivity contribution in [3.8, 4) is 5.75 Å². The van der Waals surface area contributed by atoms with Gasteiger partial charge < -0.3 is 39.0 Å². The van der Waals surface area contributed by atoms with Crippen molar-refractivity contribution in [2.75, 3.05) is 32.9 Å². The van der Waals surface area contributed by atoms with Crippen LogP contribution in [-0.4, -0.2) is 94.5 Å². The van der Waals surface area contributed by atoms with Gasteiger partial charge in [-0.05, 0) is 130 Å². The summed E-state index contributed by atoms with van der Waals surface area (Å²) >= 11 is 0. The summed E-state index contributed by atoms with van der Waals surface area (Å²) in [5.74, 6) is -0.916. The number of rotatable bonds is 25. The lowest BCUT2D eigenvalue weighted by Gasteiger charge is -2.59. The molecule has 15 nitrogen and oxygen atoms in total. The number of ketones is 2. The van der Waals surface area contributed by atoms with E-state index in [2.05, 4.69) is 43.4 Å². The van der Waals surface area contributed by atoms with Crippen molar-refractivity contribution in [2.24, 2.45) is 34.5 Å². The molecule has 5 fully saturated rings. The third kappa shape index (κ3) is 12.7. The van der Waals surface area contributed by atoms with Crippen LogP contribution < -0.4 is 14.4 Å². The number of hydrogen-bond acceptors (Lipinski definition) is 12. The van der Waals surface area contributed by atoms with Crippen LogP contribution in [-0.2, 0) is 57.3 Å². The monoisotopic (exact) mass is 1070 g/mol. The molecule has 1 aromatic heterocycles. The predicted molar refractivity (Wildman–Crippen MR) is 283 cm³/mol. The van der Waals surface area contributed by atoms with Gasteiger partial charge in [0.25, 0.3) is 0 Å². The molecule has 16 heteroatoms. The smallest absolute Gasteiger partial charge is 0.457 e. The first-order valence-electron chi connectivity index (χ1n) is 28.1. The van der Waals surface area contributed by atoms with Gasteiger partial charge in [0.1, 0.15) is 5.75 Å². The quantitative estimate of drug-likeness (QED) is 0.0234. The summed E-state index contributed by atoms with van der Waals surface area (Å²) in [5, 5.41) is 26.6. The van der Waals surface area contributed by atoms with Crippen LogP contribution >= 0.6 is 7.82 Å².